The van der Waals surface area contributed by atoms with Crippen LogP contribution in [0, 0.1) is 41.4 Å². The van der Waals surface area contributed by atoms with Crippen LogP contribution in [0.2, 0.25) is 0 Å². The molecule has 2 bridgehead atoms. The van der Waals surface area contributed by atoms with Crippen LogP contribution in [0.4, 0.5) is 13.2 Å². The van der Waals surface area contributed by atoms with E-state index in [0.29, 0.717) is 43.3 Å². The molecule has 3 saturated heterocycles. The monoisotopic (exact) mass is 1500 g/mol. The molecule has 1 spiro atoms. The molecule has 25 nitrogen and oxygen atoms in total. The van der Waals surface area contributed by atoms with Crippen LogP contribution >= 0.6 is 11.8 Å². The fraction of sp³-hybridized carbons (Fsp3) is 0.816. The SMILES string of the molecule is CCO[C@@H]1C[C@H]2C(=O)NC3(CCC3)C(=O)N(C)[C@@H](C(CC)CC)C(=O)N(C)[C@H](C(=O)N(C)C)CC(=O)N(C)[C@@H](CC3CC3)C(=O)N[C@@H]([C@@H](C)CC)C(=O)N(C)CC(=O)N(C)[C@H]3C/C=C\CCN(C3=O)[C@@H](CC3CCC(C(F)(F)F)CC3)C(=O)N(C)CC(=O)N[C@@H](CCC3CCC4SCCC4C3)C(=O)N2C1. The van der Waals surface area contributed by atoms with Crippen molar-refractivity contribution in [3.8, 4) is 0 Å². The zero-order valence-corrected chi connectivity index (χ0v) is 65.4. The zero-order valence-electron chi connectivity index (χ0n) is 64.6. The number of amides is 12. The predicted octanol–water partition coefficient (Wildman–Crippen LogP) is 6.01. The molecule has 13 atom stereocenters. The van der Waals surface area contributed by atoms with Crippen molar-refractivity contribution in [3.05, 3.63) is 12.2 Å². The number of halogens is 3. The summed E-state index contributed by atoms with van der Waals surface area (Å²) in [7, 11) is 11.5. The summed E-state index contributed by atoms with van der Waals surface area (Å²) in [6, 6.07) is -10.0. The first kappa shape index (κ1) is 84.1. The Labute approximate surface area is 624 Å². The lowest BCUT2D eigenvalue weighted by Gasteiger charge is -2.47. The number of nitrogens with one attached hydrogen (secondary N) is 3. The van der Waals surface area contributed by atoms with E-state index < -0.39 is 180 Å². The molecule has 4 aliphatic carbocycles. The van der Waals surface area contributed by atoms with E-state index in [1.165, 1.54) is 90.7 Å². The second-order valence-electron chi connectivity index (χ2n) is 31.9. The minimum absolute atomic E-state index is 0.0156. The molecule has 4 heterocycles. The number of hydrogen-bond donors (Lipinski definition) is 3. The van der Waals surface area contributed by atoms with Gasteiger partial charge in [-0.1, -0.05) is 72.0 Å². The molecule has 8 rings (SSSR count). The number of ether oxygens (including phenoxy) is 1. The maximum absolute atomic E-state index is 15.7. The first-order valence-electron chi connectivity index (χ1n) is 38.9. The summed E-state index contributed by atoms with van der Waals surface area (Å²) in [6.07, 6.45) is 6.55. The van der Waals surface area contributed by atoms with Crippen molar-refractivity contribution in [2.24, 2.45) is 41.4 Å². The summed E-state index contributed by atoms with van der Waals surface area (Å²) in [5.74, 6) is -8.88. The van der Waals surface area contributed by atoms with Crippen molar-refractivity contribution in [2.75, 3.05) is 94.9 Å². The van der Waals surface area contributed by atoms with Crippen LogP contribution in [0.5, 0.6) is 0 Å². The van der Waals surface area contributed by atoms with Crippen molar-refractivity contribution in [3.63, 3.8) is 0 Å². The van der Waals surface area contributed by atoms with Crippen molar-refractivity contribution in [2.45, 2.75) is 260 Å². The smallest absolute Gasteiger partial charge is 0.377 e. The topological polar surface area (TPSA) is 279 Å². The molecule has 105 heavy (non-hydrogen) atoms. The quantitative estimate of drug-likeness (QED) is 0.159. The average Bonchev–Trinajstić information content (AvgIpc) is 1.59. The summed E-state index contributed by atoms with van der Waals surface area (Å²) >= 11 is 1.99. The Balaban J connectivity index is 1.19. The number of nitrogens with zero attached hydrogens (tertiary/aromatic N) is 9. The normalized spacial score (nSPS) is 32.0. The molecule has 0 aromatic carbocycles. The van der Waals surface area contributed by atoms with Gasteiger partial charge in [0.05, 0.1) is 31.5 Å². The van der Waals surface area contributed by atoms with E-state index in [1.54, 1.807) is 26.0 Å². The van der Waals surface area contributed by atoms with Gasteiger partial charge < -0.3 is 64.8 Å². The standard InChI is InChI=1S/C76H121F3N12O13S/c1-14-46(5)64-72(101)85(9)45-63(94)86(10)55-22-19-18-20-36-90(71(55)100)59(40-49-25-29-52(30-26-49)76(77,78)79)70(99)84(8)44-61(92)80-54(31-27-47-28-32-60-51(38-47)33-37-105-60)68(97)91-43-53(104-17-4)41-57(91)67(96)82-75(34-21-35-75)74(103)89(13)65(50(15-2)16-3)73(102)88(12)58(69(98)83(6)7)42-62(93)87(11)56(66(95)81-64)39-48-23-24-48/h18-19,46-60,64-65H,14-17,20-45H2,1-13H3,(H,80,92)(H,81,95)(H,82,96)/b19-18-/t46-,47?,49?,51?,52?,53+,54-,55-,56-,57-,58-,59-,60?,64-,65-/m0/s1. The van der Waals surface area contributed by atoms with E-state index in [1.807, 2.05) is 32.5 Å². The molecule has 3 unspecified atom stereocenters. The molecule has 4 saturated carbocycles. The fourth-order valence-electron chi connectivity index (χ4n) is 17.3. The van der Waals surface area contributed by atoms with E-state index in [4.69, 9.17) is 4.74 Å². The highest BCUT2D eigenvalue weighted by Gasteiger charge is 2.54. The number of alkyl halides is 3. The summed E-state index contributed by atoms with van der Waals surface area (Å²) in [5.41, 5.74) is -1.54. The van der Waals surface area contributed by atoms with Crippen LogP contribution in [0.1, 0.15) is 189 Å². The molecular formula is C76H121F3N12O13S. The van der Waals surface area contributed by atoms with Crippen LogP contribution in [0.3, 0.4) is 0 Å². The first-order chi connectivity index (χ1) is 49.7. The van der Waals surface area contributed by atoms with E-state index in [-0.39, 0.29) is 109 Å². The summed E-state index contributed by atoms with van der Waals surface area (Å²) in [4.78, 5) is 193. The van der Waals surface area contributed by atoms with Crippen LogP contribution in [0.15, 0.2) is 12.2 Å². The molecule has 590 valence electrons. The molecule has 3 N–H and O–H groups in total. The van der Waals surface area contributed by atoms with Gasteiger partial charge in [0.25, 0.3) is 0 Å². The highest BCUT2D eigenvalue weighted by atomic mass is 32.2. The molecule has 4 aliphatic heterocycles. The predicted molar refractivity (Wildman–Crippen MR) is 391 cm³/mol. The van der Waals surface area contributed by atoms with Crippen molar-refractivity contribution < 1.29 is 75.4 Å². The second kappa shape index (κ2) is 37.1. The Bertz CT molecular complexity index is 3140. The Morgan fingerprint density at radius 2 is 1.30 bits per heavy atom. The molecular weight excluding hydrogens is 1380 g/mol. The highest BCUT2D eigenvalue weighted by Crippen LogP contribution is 2.46. The van der Waals surface area contributed by atoms with Gasteiger partial charge in [0.15, 0.2) is 0 Å². The molecule has 0 aromatic heterocycles. The van der Waals surface area contributed by atoms with E-state index >= 15 is 28.8 Å². The zero-order chi connectivity index (χ0) is 77.1. The van der Waals surface area contributed by atoms with Gasteiger partial charge in [-0.25, -0.2) is 0 Å². The van der Waals surface area contributed by atoms with E-state index in [2.05, 4.69) is 16.0 Å². The average molecular weight is 1500 g/mol. The number of fused-ring (bicyclic) bond motifs is 4. The summed E-state index contributed by atoms with van der Waals surface area (Å²) < 4.78 is 48.6. The first-order valence-corrected chi connectivity index (χ1v) is 40.0. The van der Waals surface area contributed by atoms with Gasteiger partial charge in [-0.3, -0.25) is 57.5 Å². The lowest BCUT2D eigenvalue weighted by Crippen LogP contribution is -2.68. The Morgan fingerprint density at radius 1 is 0.657 bits per heavy atom. The number of likely N-dealkylation sites (N-methyl/N-ethyl adjacent to an activating group) is 7. The Hall–Kier alpha value is -6.52. The lowest BCUT2D eigenvalue weighted by molar-refractivity contribution is -0.184. The number of carbonyl (C=O) groups is 12. The Morgan fingerprint density at radius 3 is 1.90 bits per heavy atom. The molecule has 12 amide bonds. The fourth-order valence-corrected chi connectivity index (χ4v) is 18.8. The molecule has 7 fully saturated rings. The second-order valence-corrected chi connectivity index (χ2v) is 33.3. The molecule has 0 radical (unpaired) electrons. The van der Waals surface area contributed by atoms with Gasteiger partial charge in [0.2, 0.25) is 70.9 Å². The van der Waals surface area contributed by atoms with Gasteiger partial charge in [-0.05, 0) is 157 Å². The maximum Gasteiger partial charge on any atom is 0.391 e. The van der Waals surface area contributed by atoms with Gasteiger partial charge in [0, 0.05) is 87.7 Å². The van der Waals surface area contributed by atoms with Crippen molar-refractivity contribution >= 4 is 82.6 Å². The third kappa shape index (κ3) is 20.4. The minimum Gasteiger partial charge on any atom is -0.377 e. The van der Waals surface area contributed by atoms with Gasteiger partial charge in [-0.15, -0.1) is 0 Å². The van der Waals surface area contributed by atoms with E-state index in [0.717, 1.165) is 54.1 Å². The number of carbonyl (C=O) groups excluding carboxylic acids is 12. The summed E-state index contributed by atoms with van der Waals surface area (Å²) in [6.45, 7) is 8.11. The van der Waals surface area contributed by atoms with Gasteiger partial charge in [-0.2, -0.15) is 24.9 Å². The highest BCUT2D eigenvalue weighted by molar-refractivity contribution is 8.00. The number of thioether (sulfide) groups is 1. The number of rotatable bonds is 15. The molecule has 29 heteroatoms. The third-order valence-corrected chi connectivity index (χ3v) is 26.2. The molecule has 8 aliphatic rings. The maximum atomic E-state index is 15.7. The van der Waals surface area contributed by atoms with Crippen LogP contribution in [-0.2, 0) is 62.3 Å². The molecule has 0 aromatic rings. The van der Waals surface area contributed by atoms with Gasteiger partial charge in [0.1, 0.15) is 53.9 Å². The summed E-state index contributed by atoms with van der Waals surface area (Å²) in [5, 5.41) is 9.55. The van der Waals surface area contributed by atoms with Crippen LogP contribution in [-0.4, -0.2) is 281 Å². The third-order valence-electron chi connectivity index (χ3n) is 24.7. The van der Waals surface area contributed by atoms with Crippen molar-refractivity contribution in [1.82, 2.24) is 60.0 Å². The minimum atomic E-state index is -4.43. The van der Waals surface area contributed by atoms with Crippen LogP contribution < -0.4 is 16.0 Å². The number of hydrogen-bond acceptors (Lipinski definition) is 14. The lowest BCUT2D eigenvalue weighted by atomic mass is 9.74. The largest absolute Gasteiger partial charge is 0.391 e. The van der Waals surface area contributed by atoms with E-state index in [9.17, 15) is 41.9 Å². The van der Waals surface area contributed by atoms with Crippen LogP contribution in [0.25, 0.3) is 0 Å². The van der Waals surface area contributed by atoms with Crippen molar-refractivity contribution in [1.29, 1.82) is 0 Å². The van der Waals surface area contributed by atoms with Gasteiger partial charge >= 0.3 is 6.18 Å². The Kier molecular flexibility index (Phi) is 29.7.